The van der Waals surface area contributed by atoms with Gasteiger partial charge >= 0.3 is 5.92 Å². The van der Waals surface area contributed by atoms with Gasteiger partial charge in [0.1, 0.15) is 5.69 Å². The molecule has 1 aliphatic carbocycles. The van der Waals surface area contributed by atoms with Crippen molar-refractivity contribution in [3.8, 4) is 0 Å². The van der Waals surface area contributed by atoms with Gasteiger partial charge < -0.3 is 25.2 Å². The molecule has 5 rings (SSSR count). The van der Waals surface area contributed by atoms with E-state index in [0.29, 0.717) is 42.4 Å². The summed E-state index contributed by atoms with van der Waals surface area (Å²) in [6.45, 7) is 2.60. The molecule has 11 heteroatoms. The van der Waals surface area contributed by atoms with E-state index in [1.807, 2.05) is 6.92 Å². The number of hydrogen-bond acceptors (Lipinski definition) is 7. The van der Waals surface area contributed by atoms with Gasteiger partial charge in [0.25, 0.3) is 11.8 Å². The molecule has 1 aromatic heterocycles. The Morgan fingerprint density at radius 2 is 1.84 bits per heavy atom. The van der Waals surface area contributed by atoms with E-state index in [1.54, 1.807) is 29.2 Å². The molecule has 2 fully saturated rings. The molecule has 2 aliphatic heterocycles. The summed E-state index contributed by atoms with van der Waals surface area (Å²) in [5.74, 6) is -4.28. The van der Waals surface area contributed by atoms with E-state index in [1.165, 1.54) is 6.20 Å². The van der Waals surface area contributed by atoms with Crippen molar-refractivity contribution in [3.05, 3.63) is 36.0 Å². The predicted molar refractivity (Wildman–Crippen MR) is 140 cm³/mol. The summed E-state index contributed by atoms with van der Waals surface area (Å²) in [4.78, 5) is 37.1. The second kappa shape index (κ2) is 11.2. The minimum Gasteiger partial charge on any atom is -0.381 e. The molecule has 0 unspecified atom stereocenters. The topological polar surface area (TPSA) is 99.7 Å². The first-order valence-electron chi connectivity index (χ1n) is 13.4. The maximum atomic E-state index is 15.1. The summed E-state index contributed by atoms with van der Waals surface area (Å²) in [5, 5.41) is 6.16. The van der Waals surface area contributed by atoms with E-state index in [0.717, 1.165) is 43.4 Å². The average molecular weight is 529 g/mol. The lowest BCUT2D eigenvalue weighted by molar-refractivity contribution is -0.141. The van der Waals surface area contributed by atoms with E-state index < -0.39 is 18.4 Å². The van der Waals surface area contributed by atoms with Crippen LogP contribution >= 0.6 is 0 Å². The third-order valence-corrected chi connectivity index (χ3v) is 7.41. The highest BCUT2D eigenvalue weighted by molar-refractivity contribution is 6.02. The highest BCUT2D eigenvalue weighted by Crippen LogP contribution is 2.40. The standard InChI is InChI=1S/C27H34F2N6O3/c1-2-13-34-22-16-30-26(33-23(22)35(21-5-3-4-6-21)17-27(28,29)25(34)37)32-19-9-7-18(8-10-19)24(36)31-20-11-14-38-15-12-20/h7-10,16,20-21H,2-6,11-15,17H2,1H3,(H,31,36)(H,30,32,33). The van der Waals surface area contributed by atoms with Gasteiger partial charge in [0.2, 0.25) is 5.95 Å². The van der Waals surface area contributed by atoms with Gasteiger partial charge in [-0.05, 0) is 56.4 Å². The van der Waals surface area contributed by atoms with Crippen molar-refractivity contribution in [2.75, 3.05) is 41.4 Å². The molecule has 9 nitrogen and oxygen atoms in total. The van der Waals surface area contributed by atoms with Crippen molar-refractivity contribution < 1.29 is 23.1 Å². The lowest BCUT2D eigenvalue weighted by atomic mass is 10.1. The first-order chi connectivity index (χ1) is 18.4. The number of carbonyl (C=O) groups is 2. The first-order valence-corrected chi connectivity index (χ1v) is 13.4. The van der Waals surface area contributed by atoms with Crippen LogP contribution in [0.3, 0.4) is 0 Å². The number of anilines is 4. The van der Waals surface area contributed by atoms with Crippen molar-refractivity contribution in [1.29, 1.82) is 0 Å². The number of halogens is 2. The Labute approximate surface area is 221 Å². The quantitative estimate of drug-likeness (QED) is 0.554. The third kappa shape index (κ3) is 5.57. The Morgan fingerprint density at radius 3 is 2.53 bits per heavy atom. The lowest BCUT2D eigenvalue weighted by Gasteiger charge is -2.31. The van der Waals surface area contributed by atoms with Crippen LogP contribution in [0.2, 0.25) is 0 Å². The van der Waals surface area contributed by atoms with Gasteiger partial charge in [-0.1, -0.05) is 19.8 Å². The van der Waals surface area contributed by atoms with Crippen molar-refractivity contribution >= 4 is 35.0 Å². The first kappa shape index (κ1) is 26.3. The molecule has 3 heterocycles. The van der Waals surface area contributed by atoms with Crippen LogP contribution in [0.4, 0.5) is 31.9 Å². The molecule has 1 aromatic carbocycles. The van der Waals surface area contributed by atoms with Crippen LogP contribution in [0.5, 0.6) is 0 Å². The van der Waals surface area contributed by atoms with E-state index >= 15 is 8.78 Å². The van der Waals surface area contributed by atoms with Gasteiger partial charge in [-0.3, -0.25) is 9.59 Å². The van der Waals surface area contributed by atoms with Gasteiger partial charge in [0, 0.05) is 43.1 Å². The number of nitrogens with zero attached hydrogens (tertiary/aromatic N) is 4. The van der Waals surface area contributed by atoms with E-state index in [2.05, 4.69) is 20.6 Å². The molecule has 2 N–H and O–H groups in total. The summed E-state index contributed by atoms with van der Waals surface area (Å²) < 4.78 is 35.5. The molecular weight excluding hydrogens is 494 g/mol. The molecule has 0 atom stereocenters. The van der Waals surface area contributed by atoms with Gasteiger partial charge in [-0.2, -0.15) is 13.8 Å². The number of nitrogens with one attached hydrogen (secondary N) is 2. The normalized spacial score (nSPS) is 20.2. The number of amides is 2. The summed E-state index contributed by atoms with van der Waals surface area (Å²) in [6, 6.07) is 6.94. The van der Waals surface area contributed by atoms with E-state index in [-0.39, 0.29) is 30.5 Å². The number of fused-ring (bicyclic) bond motifs is 1. The van der Waals surface area contributed by atoms with E-state index in [4.69, 9.17) is 4.74 Å². The van der Waals surface area contributed by atoms with Crippen LogP contribution in [-0.2, 0) is 9.53 Å². The second-order valence-electron chi connectivity index (χ2n) is 10.2. The smallest absolute Gasteiger partial charge is 0.342 e. The molecule has 1 saturated carbocycles. The van der Waals surface area contributed by atoms with Crippen LogP contribution in [0.25, 0.3) is 0 Å². The highest BCUT2D eigenvalue weighted by atomic mass is 19.3. The van der Waals surface area contributed by atoms with E-state index in [9.17, 15) is 9.59 Å². The monoisotopic (exact) mass is 528 g/mol. The SMILES string of the molecule is CCCN1C(=O)C(F)(F)CN(C2CCCC2)c2nc(Nc3ccc(C(=O)NC4CCOCC4)cc3)ncc21. The number of ether oxygens (including phenoxy) is 1. The maximum Gasteiger partial charge on any atom is 0.342 e. The minimum atomic E-state index is -3.52. The zero-order valence-corrected chi connectivity index (χ0v) is 21.6. The fourth-order valence-electron chi connectivity index (χ4n) is 5.40. The number of rotatable bonds is 7. The molecule has 204 valence electrons. The van der Waals surface area contributed by atoms with Crippen molar-refractivity contribution in [3.63, 3.8) is 0 Å². The van der Waals surface area contributed by atoms with Crippen LogP contribution in [-0.4, -0.2) is 66.1 Å². The fourth-order valence-corrected chi connectivity index (χ4v) is 5.40. The van der Waals surface area contributed by atoms with Gasteiger partial charge in [0.15, 0.2) is 5.82 Å². The summed E-state index contributed by atoms with van der Waals surface area (Å²) >= 11 is 0. The Balaban J connectivity index is 1.38. The fraction of sp³-hybridized carbons (Fsp3) is 0.556. The Kier molecular flexibility index (Phi) is 7.73. The molecule has 2 aromatic rings. The zero-order chi connectivity index (χ0) is 26.7. The number of benzene rings is 1. The molecule has 0 bridgehead atoms. The Hall–Kier alpha value is -3.34. The third-order valence-electron chi connectivity index (χ3n) is 7.41. The second-order valence-corrected chi connectivity index (χ2v) is 10.2. The van der Waals surface area contributed by atoms with Gasteiger partial charge in [0.05, 0.1) is 12.7 Å². The van der Waals surface area contributed by atoms with Crippen LogP contribution < -0.4 is 20.4 Å². The van der Waals surface area contributed by atoms with Gasteiger partial charge in [-0.15, -0.1) is 0 Å². The number of carbonyl (C=O) groups excluding carboxylic acids is 2. The number of aromatic nitrogens is 2. The van der Waals surface area contributed by atoms with Gasteiger partial charge in [-0.25, -0.2) is 4.98 Å². The maximum absolute atomic E-state index is 15.1. The van der Waals surface area contributed by atoms with Crippen molar-refractivity contribution in [2.45, 2.75) is 69.9 Å². The highest BCUT2D eigenvalue weighted by Gasteiger charge is 2.49. The molecule has 38 heavy (non-hydrogen) atoms. The van der Waals surface area contributed by atoms with Crippen molar-refractivity contribution in [1.82, 2.24) is 15.3 Å². The van der Waals surface area contributed by atoms with Crippen LogP contribution in [0.15, 0.2) is 30.5 Å². The van der Waals surface area contributed by atoms with Crippen LogP contribution in [0, 0.1) is 0 Å². The lowest BCUT2D eigenvalue weighted by Crippen LogP contribution is -2.49. The number of hydrogen-bond donors (Lipinski definition) is 2. The predicted octanol–water partition coefficient (Wildman–Crippen LogP) is 4.27. The number of alkyl halides is 2. The Morgan fingerprint density at radius 1 is 1.13 bits per heavy atom. The molecule has 0 radical (unpaired) electrons. The van der Waals surface area contributed by atoms with Crippen molar-refractivity contribution in [2.24, 2.45) is 0 Å². The molecular formula is C27H34F2N6O3. The summed E-state index contributed by atoms with van der Waals surface area (Å²) in [5.41, 5.74) is 1.50. The largest absolute Gasteiger partial charge is 0.381 e. The molecule has 0 spiro atoms. The molecule has 3 aliphatic rings. The molecule has 2 amide bonds. The van der Waals surface area contributed by atoms with Crippen LogP contribution in [0.1, 0.15) is 62.2 Å². The zero-order valence-electron chi connectivity index (χ0n) is 21.6. The Bertz CT molecular complexity index is 1150. The minimum absolute atomic E-state index is 0.106. The summed E-state index contributed by atoms with van der Waals surface area (Å²) in [7, 11) is 0. The average Bonchev–Trinajstić information content (AvgIpc) is 3.44. The summed E-state index contributed by atoms with van der Waals surface area (Å²) in [6.07, 6.45) is 7.05. The molecule has 1 saturated heterocycles.